The Kier molecular flexibility index (Phi) is 4.57. The Hall–Kier alpha value is -1.95. The van der Waals surface area contributed by atoms with Crippen LogP contribution in [0.3, 0.4) is 0 Å². The zero-order chi connectivity index (χ0) is 15.5. The van der Waals surface area contributed by atoms with Crippen LogP contribution in [-0.2, 0) is 0 Å². The lowest BCUT2D eigenvalue weighted by Crippen LogP contribution is -2.22. The van der Waals surface area contributed by atoms with Gasteiger partial charge in [-0.25, -0.2) is 0 Å². The monoisotopic (exact) mass is 299 g/mol. The highest BCUT2D eigenvalue weighted by Gasteiger charge is 2.31. The smallest absolute Gasteiger partial charge is 0.468 e. The predicted molar refractivity (Wildman–Crippen MR) is 71.8 cm³/mol. The molecule has 1 aromatic carbocycles. The summed E-state index contributed by atoms with van der Waals surface area (Å²) in [5, 5.41) is 3.31. The van der Waals surface area contributed by atoms with Crippen molar-refractivity contribution in [1.82, 2.24) is 5.32 Å². The van der Waals surface area contributed by atoms with Gasteiger partial charge in [-0.05, 0) is 43.7 Å². The molecular weight excluding hydrogens is 283 g/mol. The van der Waals surface area contributed by atoms with E-state index in [2.05, 4.69) is 10.1 Å². The van der Waals surface area contributed by atoms with Crippen molar-refractivity contribution in [3.63, 3.8) is 0 Å². The van der Waals surface area contributed by atoms with Crippen molar-refractivity contribution in [2.75, 3.05) is 0 Å². The van der Waals surface area contributed by atoms with E-state index in [1.54, 1.807) is 24.5 Å². The van der Waals surface area contributed by atoms with E-state index in [0.29, 0.717) is 0 Å². The number of hydrogen-bond acceptors (Lipinski definition) is 3. The molecule has 1 aromatic heterocycles. The number of benzene rings is 1. The zero-order valence-electron chi connectivity index (χ0n) is 11.6. The normalized spacial score (nSPS) is 14.7. The summed E-state index contributed by atoms with van der Waals surface area (Å²) in [7, 11) is 0. The summed E-state index contributed by atoms with van der Waals surface area (Å²) in [5.74, 6) is 0.580. The molecule has 0 fully saturated rings. The van der Waals surface area contributed by atoms with E-state index >= 15 is 0 Å². The molecule has 0 aliphatic carbocycles. The molecule has 2 rings (SSSR count). The fourth-order valence-electron chi connectivity index (χ4n) is 2.05. The third-order valence-corrected chi connectivity index (χ3v) is 3.08. The van der Waals surface area contributed by atoms with E-state index in [9.17, 15) is 13.2 Å². The van der Waals surface area contributed by atoms with Crippen LogP contribution in [0.15, 0.2) is 47.1 Å². The molecule has 0 bridgehead atoms. The third-order valence-electron chi connectivity index (χ3n) is 3.08. The molecule has 1 heterocycles. The molecule has 0 aliphatic heterocycles. The largest absolute Gasteiger partial charge is 0.573 e. The molecule has 1 N–H and O–H groups in total. The average Bonchev–Trinajstić information content (AvgIpc) is 2.91. The maximum atomic E-state index is 12.1. The van der Waals surface area contributed by atoms with Crippen molar-refractivity contribution in [3.05, 3.63) is 54.0 Å². The van der Waals surface area contributed by atoms with Crippen LogP contribution in [0.25, 0.3) is 0 Å². The summed E-state index contributed by atoms with van der Waals surface area (Å²) in [6.45, 7) is 3.88. The summed E-state index contributed by atoms with van der Waals surface area (Å²) in [5.41, 5.74) is 0.864. The molecule has 0 saturated heterocycles. The van der Waals surface area contributed by atoms with E-state index in [-0.39, 0.29) is 17.8 Å². The number of alkyl halides is 3. The van der Waals surface area contributed by atoms with Gasteiger partial charge in [-0.15, -0.1) is 13.2 Å². The van der Waals surface area contributed by atoms with Gasteiger partial charge in [-0.1, -0.05) is 12.1 Å². The van der Waals surface area contributed by atoms with Crippen molar-refractivity contribution >= 4 is 0 Å². The molecule has 114 valence electrons. The number of nitrogens with one attached hydrogen (secondary N) is 1. The van der Waals surface area contributed by atoms with Crippen molar-refractivity contribution in [1.29, 1.82) is 0 Å². The SMILES string of the molecule is CC(NC(C)c1ccco1)c1ccc(OC(F)(F)F)cc1. The Bertz CT molecular complexity index is 549. The van der Waals surface area contributed by atoms with Crippen LogP contribution in [0.4, 0.5) is 13.2 Å². The molecule has 3 nitrogen and oxygen atoms in total. The molecule has 0 aliphatic rings. The molecule has 6 heteroatoms. The third kappa shape index (κ3) is 4.53. The molecule has 2 aromatic rings. The Morgan fingerprint density at radius 1 is 1.05 bits per heavy atom. The van der Waals surface area contributed by atoms with Crippen molar-refractivity contribution in [3.8, 4) is 5.75 Å². The fourth-order valence-corrected chi connectivity index (χ4v) is 2.05. The highest BCUT2D eigenvalue weighted by atomic mass is 19.4. The van der Waals surface area contributed by atoms with Gasteiger partial charge in [-0.2, -0.15) is 0 Å². The molecule has 0 radical (unpaired) electrons. The summed E-state index contributed by atoms with van der Waals surface area (Å²) in [6, 6.07) is 9.45. The zero-order valence-corrected chi connectivity index (χ0v) is 11.6. The minimum Gasteiger partial charge on any atom is -0.468 e. The molecule has 21 heavy (non-hydrogen) atoms. The summed E-state index contributed by atoms with van der Waals surface area (Å²) in [4.78, 5) is 0. The second-order valence-corrected chi connectivity index (χ2v) is 4.74. The van der Waals surface area contributed by atoms with Crippen LogP contribution >= 0.6 is 0 Å². The van der Waals surface area contributed by atoms with Gasteiger partial charge < -0.3 is 14.5 Å². The lowest BCUT2D eigenvalue weighted by atomic mass is 10.1. The Balaban J connectivity index is 1.98. The first kappa shape index (κ1) is 15.4. The van der Waals surface area contributed by atoms with Crippen LogP contribution < -0.4 is 10.1 Å². The van der Waals surface area contributed by atoms with Gasteiger partial charge in [0.1, 0.15) is 11.5 Å². The minimum absolute atomic E-state index is 0.00102. The maximum Gasteiger partial charge on any atom is 0.573 e. The van der Waals surface area contributed by atoms with Crippen LogP contribution in [-0.4, -0.2) is 6.36 Å². The van der Waals surface area contributed by atoms with E-state index in [1.807, 2.05) is 19.9 Å². The van der Waals surface area contributed by atoms with Crippen LogP contribution in [0, 0.1) is 0 Å². The van der Waals surface area contributed by atoms with E-state index in [4.69, 9.17) is 4.42 Å². The van der Waals surface area contributed by atoms with E-state index in [0.717, 1.165) is 11.3 Å². The van der Waals surface area contributed by atoms with Gasteiger partial charge in [0.2, 0.25) is 0 Å². The lowest BCUT2D eigenvalue weighted by molar-refractivity contribution is -0.274. The predicted octanol–water partition coefficient (Wildman–Crippen LogP) is 4.59. The Morgan fingerprint density at radius 3 is 2.24 bits per heavy atom. The quantitative estimate of drug-likeness (QED) is 0.877. The topological polar surface area (TPSA) is 34.4 Å². The van der Waals surface area contributed by atoms with Crippen molar-refractivity contribution in [2.45, 2.75) is 32.3 Å². The second kappa shape index (κ2) is 6.22. The number of ether oxygens (including phenoxy) is 1. The van der Waals surface area contributed by atoms with Crippen LogP contribution in [0.5, 0.6) is 5.75 Å². The van der Waals surface area contributed by atoms with Gasteiger partial charge in [0.15, 0.2) is 0 Å². The van der Waals surface area contributed by atoms with E-state index < -0.39 is 6.36 Å². The van der Waals surface area contributed by atoms with Crippen molar-refractivity contribution in [2.24, 2.45) is 0 Å². The summed E-state index contributed by atoms with van der Waals surface area (Å²) >= 11 is 0. The summed E-state index contributed by atoms with van der Waals surface area (Å²) < 4.78 is 45.4. The van der Waals surface area contributed by atoms with Crippen LogP contribution in [0.1, 0.15) is 37.3 Å². The molecule has 0 saturated carbocycles. The summed E-state index contributed by atoms with van der Waals surface area (Å²) in [6.07, 6.45) is -3.07. The van der Waals surface area contributed by atoms with Gasteiger partial charge >= 0.3 is 6.36 Å². The first-order valence-corrected chi connectivity index (χ1v) is 6.50. The number of furan rings is 1. The molecule has 0 spiro atoms. The molecule has 2 atom stereocenters. The lowest BCUT2D eigenvalue weighted by Gasteiger charge is -2.19. The Morgan fingerprint density at radius 2 is 1.71 bits per heavy atom. The van der Waals surface area contributed by atoms with Gasteiger partial charge in [0, 0.05) is 6.04 Å². The average molecular weight is 299 g/mol. The van der Waals surface area contributed by atoms with Gasteiger partial charge in [-0.3, -0.25) is 0 Å². The second-order valence-electron chi connectivity index (χ2n) is 4.74. The maximum absolute atomic E-state index is 12.1. The van der Waals surface area contributed by atoms with Crippen molar-refractivity contribution < 1.29 is 22.3 Å². The minimum atomic E-state index is -4.67. The van der Waals surface area contributed by atoms with Crippen LogP contribution in [0.2, 0.25) is 0 Å². The number of rotatable bonds is 5. The molecular formula is C15H16F3NO2. The first-order chi connectivity index (χ1) is 9.85. The highest BCUT2D eigenvalue weighted by molar-refractivity contribution is 5.29. The number of halogens is 3. The number of hydrogen-bond donors (Lipinski definition) is 1. The molecule has 2 unspecified atom stereocenters. The van der Waals surface area contributed by atoms with Gasteiger partial charge in [0.25, 0.3) is 0 Å². The molecule has 0 amide bonds. The Labute approximate surface area is 120 Å². The fraction of sp³-hybridized carbons (Fsp3) is 0.333. The van der Waals surface area contributed by atoms with E-state index in [1.165, 1.54) is 12.1 Å². The van der Waals surface area contributed by atoms with Gasteiger partial charge in [0.05, 0.1) is 12.3 Å². The highest BCUT2D eigenvalue weighted by Crippen LogP contribution is 2.25. The standard InChI is InChI=1S/C15H16F3NO2/c1-10(19-11(2)14-4-3-9-20-14)12-5-7-13(8-6-12)21-15(16,17)18/h3-11,19H,1-2H3. The first-order valence-electron chi connectivity index (χ1n) is 6.50.